The van der Waals surface area contributed by atoms with E-state index in [9.17, 15) is 4.79 Å². The quantitative estimate of drug-likeness (QED) is 0.659. The first-order valence-corrected chi connectivity index (χ1v) is 11.0. The highest BCUT2D eigenvalue weighted by Crippen LogP contribution is 2.35. The van der Waals surface area contributed by atoms with Crippen LogP contribution in [0.2, 0.25) is 0 Å². The number of imidazole rings is 1. The highest BCUT2D eigenvalue weighted by molar-refractivity contribution is 5.91. The molecule has 3 aromatic rings. The maximum Gasteiger partial charge on any atom is 0.267 e. The molecule has 5 heterocycles. The molecule has 1 saturated heterocycles. The molecule has 32 heavy (non-hydrogen) atoms. The van der Waals surface area contributed by atoms with E-state index in [2.05, 4.69) is 14.5 Å². The summed E-state index contributed by atoms with van der Waals surface area (Å²) in [6.45, 7) is 12.0. The van der Waals surface area contributed by atoms with Crippen LogP contribution in [-0.2, 0) is 21.6 Å². The number of anilines is 1. The van der Waals surface area contributed by atoms with E-state index in [1.807, 2.05) is 27.7 Å². The number of rotatable bonds is 3. The minimum Gasteiger partial charge on any atom is -0.378 e. The largest absolute Gasteiger partial charge is 0.378 e. The first kappa shape index (κ1) is 22.1. The van der Waals surface area contributed by atoms with Gasteiger partial charge in [0.15, 0.2) is 22.8 Å². The number of carbonyl (C=O) groups excluding carboxylic acids is 1. The van der Waals surface area contributed by atoms with E-state index >= 15 is 0 Å². The topological polar surface area (TPSA) is 121 Å². The van der Waals surface area contributed by atoms with Gasteiger partial charge in [0.05, 0.1) is 19.8 Å². The Hall–Kier alpha value is -3.11. The fourth-order valence-corrected chi connectivity index (χ4v) is 3.91. The summed E-state index contributed by atoms with van der Waals surface area (Å²) in [7, 11) is 0. The van der Waals surface area contributed by atoms with Crippen molar-refractivity contribution in [2.75, 3.05) is 37.8 Å². The fraction of sp³-hybridized carbons (Fsp3) is 0.500. The van der Waals surface area contributed by atoms with Gasteiger partial charge >= 0.3 is 0 Å². The number of hydrogen-bond donors (Lipinski definition) is 1. The Morgan fingerprint density at radius 3 is 2.47 bits per heavy atom. The third-order valence-electron chi connectivity index (χ3n) is 5.48. The number of nitrogens with zero attached hydrogens (tertiary/aromatic N) is 6. The van der Waals surface area contributed by atoms with Crippen LogP contribution in [0.4, 0.5) is 5.82 Å². The number of carbonyl (C=O) groups is 1. The summed E-state index contributed by atoms with van der Waals surface area (Å²) in [6.07, 6.45) is 1.57. The first-order valence-electron chi connectivity index (χ1n) is 11.0. The number of aromatic nitrogens is 5. The number of fused-ring (bicyclic) bond motifs is 3. The zero-order chi connectivity index (χ0) is 22.9. The molecule has 2 aliphatic rings. The van der Waals surface area contributed by atoms with Gasteiger partial charge in [0.2, 0.25) is 0 Å². The monoisotopic (exact) mass is 439 g/mol. The number of pyridine rings is 1. The average Bonchev–Trinajstić information content (AvgIpc) is 3.21. The maximum atomic E-state index is 11.4. The van der Waals surface area contributed by atoms with Gasteiger partial charge in [0.25, 0.3) is 5.91 Å². The number of amides is 1. The van der Waals surface area contributed by atoms with Crippen LogP contribution in [-0.4, -0.2) is 63.3 Å². The van der Waals surface area contributed by atoms with Gasteiger partial charge in [-0.05, 0) is 26.0 Å². The lowest BCUT2D eigenvalue weighted by atomic mass is 10.1. The van der Waals surface area contributed by atoms with Crippen molar-refractivity contribution >= 4 is 22.9 Å². The molecule has 0 bridgehead atoms. The van der Waals surface area contributed by atoms with Crippen molar-refractivity contribution in [3.8, 4) is 11.4 Å². The van der Waals surface area contributed by atoms with E-state index in [-0.39, 0.29) is 5.69 Å². The van der Waals surface area contributed by atoms with E-state index in [0.717, 1.165) is 35.9 Å². The molecule has 0 radical (unpaired) electrons. The van der Waals surface area contributed by atoms with Crippen molar-refractivity contribution in [2.24, 2.45) is 5.73 Å². The van der Waals surface area contributed by atoms with Crippen LogP contribution in [0, 0.1) is 0 Å². The molecule has 0 aromatic carbocycles. The molecule has 0 aliphatic carbocycles. The molecule has 0 unspecified atom stereocenters. The average molecular weight is 440 g/mol. The molecule has 1 fully saturated rings. The molecule has 10 nitrogen and oxygen atoms in total. The number of primary amides is 1. The number of ether oxygens (including phenoxy) is 2. The predicted octanol–water partition coefficient (Wildman–Crippen LogP) is 2.12. The summed E-state index contributed by atoms with van der Waals surface area (Å²) in [5, 5.41) is 0. The molecular formula is C22H29N7O3. The molecule has 3 aromatic heterocycles. The van der Waals surface area contributed by atoms with Crippen LogP contribution in [0.25, 0.3) is 22.6 Å². The lowest BCUT2D eigenvalue weighted by molar-refractivity contribution is -0.0530. The molecule has 170 valence electrons. The van der Waals surface area contributed by atoms with Crippen LogP contribution in [0.1, 0.15) is 44.0 Å². The third-order valence-corrected chi connectivity index (χ3v) is 5.48. The van der Waals surface area contributed by atoms with E-state index in [1.54, 1.807) is 18.3 Å². The second-order valence-corrected chi connectivity index (χ2v) is 7.88. The van der Waals surface area contributed by atoms with Crippen molar-refractivity contribution in [2.45, 2.75) is 39.8 Å². The van der Waals surface area contributed by atoms with Crippen molar-refractivity contribution in [1.29, 1.82) is 0 Å². The lowest BCUT2D eigenvalue weighted by Gasteiger charge is -2.30. The van der Waals surface area contributed by atoms with E-state index in [0.29, 0.717) is 37.8 Å². The van der Waals surface area contributed by atoms with Gasteiger partial charge in [-0.25, -0.2) is 15.0 Å². The molecule has 0 saturated carbocycles. The summed E-state index contributed by atoms with van der Waals surface area (Å²) in [5.74, 6) is 1.57. The van der Waals surface area contributed by atoms with E-state index in [4.69, 9.17) is 30.2 Å². The van der Waals surface area contributed by atoms with Gasteiger partial charge in [-0.15, -0.1) is 0 Å². The Kier molecular flexibility index (Phi) is 6.07. The molecular weight excluding hydrogens is 410 g/mol. The zero-order valence-electron chi connectivity index (χ0n) is 19.0. The molecule has 0 spiro atoms. The van der Waals surface area contributed by atoms with Gasteiger partial charge in [0.1, 0.15) is 17.1 Å². The Morgan fingerprint density at radius 1 is 1.06 bits per heavy atom. The molecule has 1 amide bonds. The highest BCUT2D eigenvalue weighted by Gasteiger charge is 2.34. The van der Waals surface area contributed by atoms with E-state index in [1.165, 1.54) is 0 Å². The minimum absolute atomic E-state index is 0.203. The van der Waals surface area contributed by atoms with Crippen LogP contribution >= 0.6 is 0 Å². The number of nitrogens with two attached hydrogens (primary N) is 1. The molecule has 5 rings (SSSR count). The Labute approximate surface area is 186 Å². The summed E-state index contributed by atoms with van der Waals surface area (Å²) in [4.78, 5) is 32.3. The Bertz CT molecular complexity index is 1120. The van der Waals surface area contributed by atoms with Crippen LogP contribution in [0.3, 0.4) is 0 Å². The molecule has 2 aliphatic heterocycles. The third kappa shape index (κ3) is 3.91. The summed E-state index contributed by atoms with van der Waals surface area (Å²) >= 11 is 0. The summed E-state index contributed by atoms with van der Waals surface area (Å²) in [5.41, 5.74) is 7.24. The van der Waals surface area contributed by atoms with E-state index < -0.39 is 11.5 Å². The number of hydrogen-bond acceptors (Lipinski definition) is 8. The molecule has 10 heteroatoms. The van der Waals surface area contributed by atoms with Crippen molar-refractivity contribution in [1.82, 2.24) is 24.5 Å². The second-order valence-electron chi connectivity index (χ2n) is 7.88. The lowest BCUT2D eigenvalue weighted by Crippen LogP contribution is -2.37. The maximum absolute atomic E-state index is 11.4. The zero-order valence-corrected chi connectivity index (χ0v) is 19.0. The fourth-order valence-electron chi connectivity index (χ4n) is 3.91. The van der Waals surface area contributed by atoms with Crippen LogP contribution in [0.15, 0.2) is 18.3 Å². The van der Waals surface area contributed by atoms with Gasteiger partial charge in [-0.3, -0.25) is 9.78 Å². The van der Waals surface area contributed by atoms with Crippen molar-refractivity contribution in [3.63, 3.8) is 0 Å². The Morgan fingerprint density at radius 2 is 1.81 bits per heavy atom. The standard InChI is InChI=1S/C20H23N7O3.C2H6/c1-20(2)19-23-14-17(26-5-8-29-9-6-26)24-16(25-18(14)27(19)7-10-30-20)12-3-4-13(15(21)28)22-11-12;1-2/h3-4,11H,5-10H2,1-2H3,(H2,21,28);1-2H3. The van der Waals surface area contributed by atoms with Crippen molar-refractivity contribution < 1.29 is 14.3 Å². The Balaban J connectivity index is 0.00000119. The van der Waals surface area contributed by atoms with Gasteiger partial charge in [0, 0.05) is 31.4 Å². The normalized spacial score (nSPS) is 17.4. The molecule has 0 atom stereocenters. The first-order chi connectivity index (χ1) is 15.4. The SMILES string of the molecule is CC.CC1(C)OCCn2c1nc1c(N3CCOCC3)nc(-c3ccc(C(N)=O)nc3)nc12. The smallest absolute Gasteiger partial charge is 0.267 e. The number of morpholine rings is 1. The van der Waals surface area contributed by atoms with Crippen LogP contribution in [0.5, 0.6) is 0 Å². The molecule has 2 N–H and O–H groups in total. The highest BCUT2D eigenvalue weighted by atomic mass is 16.5. The summed E-state index contributed by atoms with van der Waals surface area (Å²) < 4.78 is 13.6. The predicted molar refractivity (Wildman–Crippen MR) is 120 cm³/mol. The van der Waals surface area contributed by atoms with Gasteiger partial charge in [-0.1, -0.05) is 13.8 Å². The van der Waals surface area contributed by atoms with Gasteiger partial charge in [-0.2, -0.15) is 0 Å². The second kappa shape index (κ2) is 8.79. The van der Waals surface area contributed by atoms with Crippen molar-refractivity contribution in [3.05, 3.63) is 29.8 Å². The summed E-state index contributed by atoms with van der Waals surface area (Å²) in [6, 6.07) is 3.35. The minimum atomic E-state index is -0.570. The van der Waals surface area contributed by atoms with Crippen LogP contribution < -0.4 is 10.6 Å². The van der Waals surface area contributed by atoms with Gasteiger partial charge < -0.3 is 24.7 Å².